The maximum atomic E-state index is 12.6. The van der Waals surface area contributed by atoms with Crippen LogP contribution < -0.4 is 5.32 Å². The SMILES string of the molecule is O=C(Nc1ccnn1Cc1ccccc1Br)c1ccn(-c2ccc([N+](=O)[O-])cc2)n1. The van der Waals surface area contributed by atoms with Crippen molar-refractivity contribution in [3.63, 3.8) is 0 Å². The van der Waals surface area contributed by atoms with Gasteiger partial charge in [0.2, 0.25) is 0 Å². The number of amides is 1. The van der Waals surface area contributed by atoms with Crippen molar-refractivity contribution in [1.82, 2.24) is 19.6 Å². The number of halogens is 1. The molecule has 0 radical (unpaired) electrons. The number of nitro groups is 1. The molecule has 0 saturated carbocycles. The number of hydrogen-bond acceptors (Lipinski definition) is 5. The molecule has 9 nitrogen and oxygen atoms in total. The van der Waals surface area contributed by atoms with E-state index in [2.05, 4.69) is 31.4 Å². The van der Waals surface area contributed by atoms with Gasteiger partial charge in [-0.1, -0.05) is 34.1 Å². The summed E-state index contributed by atoms with van der Waals surface area (Å²) in [7, 11) is 0. The average Bonchev–Trinajstić information content (AvgIpc) is 3.40. The van der Waals surface area contributed by atoms with Crippen LogP contribution >= 0.6 is 15.9 Å². The topological polar surface area (TPSA) is 108 Å². The third kappa shape index (κ3) is 4.13. The van der Waals surface area contributed by atoms with Gasteiger partial charge in [-0.3, -0.25) is 14.9 Å². The summed E-state index contributed by atoms with van der Waals surface area (Å²) in [6, 6.07) is 17.0. The zero-order valence-electron chi connectivity index (χ0n) is 15.5. The smallest absolute Gasteiger partial charge is 0.277 e. The molecule has 30 heavy (non-hydrogen) atoms. The molecular formula is C20H15BrN6O3. The highest BCUT2D eigenvalue weighted by atomic mass is 79.9. The minimum atomic E-state index is -0.469. The molecule has 0 saturated heterocycles. The first-order valence-electron chi connectivity index (χ1n) is 8.88. The average molecular weight is 467 g/mol. The predicted molar refractivity (Wildman–Crippen MR) is 114 cm³/mol. The lowest BCUT2D eigenvalue weighted by Crippen LogP contribution is -2.17. The van der Waals surface area contributed by atoms with Crippen LogP contribution in [0.1, 0.15) is 16.1 Å². The Morgan fingerprint density at radius 2 is 1.87 bits per heavy atom. The summed E-state index contributed by atoms with van der Waals surface area (Å²) >= 11 is 3.51. The van der Waals surface area contributed by atoms with Gasteiger partial charge in [-0.2, -0.15) is 10.2 Å². The van der Waals surface area contributed by atoms with Crippen LogP contribution in [0.2, 0.25) is 0 Å². The zero-order valence-corrected chi connectivity index (χ0v) is 17.1. The molecule has 10 heteroatoms. The highest BCUT2D eigenvalue weighted by Gasteiger charge is 2.14. The number of carbonyl (C=O) groups excluding carboxylic acids is 1. The normalized spacial score (nSPS) is 10.7. The zero-order chi connectivity index (χ0) is 21.1. The molecular weight excluding hydrogens is 452 g/mol. The summed E-state index contributed by atoms with van der Waals surface area (Å²) in [6.07, 6.45) is 3.23. The molecule has 1 N–H and O–H groups in total. The fourth-order valence-corrected chi connectivity index (χ4v) is 3.26. The third-order valence-corrected chi connectivity index (χ3v) is 5.16. The van der Waals surface area contributed by atoms with Crippen LogP contribution in [0.3, 0.4) is 0 Å². The second kappa shape index (κ2) is 8.29. The largest absolute Gasteiger partial charge is 0.305 e. The first-order valence-corrected chi connectivity index (χ1v) is 9.67. The quantitative estimate of drug-likeness (QED) is 0.340. The predicted octanol–water partition coefficient (Wildman–Crippen LogP) is 4.04. The fourth-order valence-electron chi connectivity index (χ4n) is 2.85. The number of aromatic nitrogens is 4. The molecule has 1 amide bonds. The van der Waals surface area contributed by atoms with E-state index in [1.807, 2.05) is 24.3 Å². The number of nitrogens with one attached hydrogen (secondary N) is 1. The number of rotatable bonds is 6. The Balaban J connectivity index is 1.49. The van der Waals surface area contributed by atoms with E-state index in [1.165, 1.54) is 16.8 Å². The van der Waals surface area contributed by atoms with Gasteiger partial charge in [0.05, 0.1) is 23.4 Å². The number of nitro benzene ring substituents is 1. The van der Waals surface area contributed by atoms with E-state index < -0.39 is 4.92 Å². The summed E-state index contributed by atoms with van der Waals surface area (Å²) in [5.41, 5.74) is 1.84. The van der Waals surface area contributed by atoms with Gasteiger partial charge in [-0.05, 0) is 29.8 Å². The molecule has 0 aliphatic rings. The van der Waals surface area contributed by atoms with Gasteiger partial charge < -0.3 is 5.32 Å². The molecule has 0 bridgehead atoms. The Labute approximate surface area is 179 Å². The van der Waals surface area contributed by atoms with Crippen LogP contribution in [-0.4, -0.2) is 30.4 Å². The Morgan fingerprint density at radius 1 is 1.10 bits per heavy atom. The molecule has 4 aromatic rings. The van der Waals surface area contributed by atoms with Gasteiger partial charge in [-0.25, -0.2) is 9.36 Å². The van der Waals surface area contributed by atoms with Gasteiger partial charge in [0.25, 0.3) is 11.6 Å². The van der Waals surface area contributed by atoms with E-state index in [0.717, 1.165) is 10.0 Å². The number of non-ortho nitro benzene ring substituents is 1. The second-order valence-corrected chi connectivity index (χ2v) is 7.19. The Bertz CT molecular complexity index is 1220. The van der Waals surface area contributed by atoms with Gasteiger partial charge in [0, 0.05) is 28.9 Å². The minimum Gasteiger partial charge on any atom is -0.305 e. The van der Waals surface area contributed by atoms with Gasteiger partial charge in [0.1, 0.15) is 5.82 Å². The van der Waals surface area contributed by atoms with Gasteiger partial charge >= 0.3 is 0 Å². The lowest BCUT2D eigenvalue weighted by Gasteiger charge is -2.09. The van der Waals surface area contributed by atoms with Crippen molar-refractivity contribution >= 4 is 33.3 Å². The first kappa shape index (κ1) is 19.5. The molecule has 0 atom stereocenters. The molecule has 2 aromatic heterocycles. The number of nitrogens with zero attached hydrogens (tertiary/aromatic N) is 5. The monoisotopic (exact) mass is 466 g/mol. The lowest BCUT2D eigenvalue weighted by molar-refractivity contribution is -0.384. The van der Waals surface area contributed by atoms with Crippen LogP contribution in [-0.2, 0) is 6.54 Å². The molecule has 2 aromatic carbocycles. The van der Waals surface area contributed by atoms with Crippen LogP contribution in [0, 0.1) is 10.1 Å². The van der Waals surface area contributed by atoms with Crippen LogP contribution in [0.15, 0.2) is 77.5 Å². The third-order valence-electron chi connectivity index (χ3n) is 4.38. The van der Waals surface area contributed by atoms with Crippen molar-refractivity contribution in [1.29, 1.82) is 0 Å². The summed E-state index contributed by atoms with van der Waals surface area (Å²) in [5.74, 6) is 0.158. The number of benzene rings is 2. The molecule has 0 fully saturated rings. The number of anilines is 1. The van der Waals surface area contributed by atoms with Crippen molar-refractivity contribution in [3.05, 3.63) is 98.9 Å². The summed E-state index contributed by atoms with van der Waals surface area (Å²) in [6.45, 7) is 0.487. The van der Waals surface area contributed by atoms with E-state index in [4.69, 9.17) is 0 Å². The lowest BCUT2D eigenvalue weighted by atomic mass is 10.2. The first-order chi connectivity index (χ1) is 14.5. The van der Waals surface area contributed by atoms with Crippen molar-refractivity contribution in [3.8, 4) is 5.69 Å². The van der Waals surface area contributed by atoms with E-state index >= 15 is 0 Å². The highest BCUT2D eigenvalue weighted by molar-refractivity contribution is 9.10. The summed E-state index contributed by atoms with van der Waals surface area (Å²) < 4.78 is 4.13. The molecule has 4 rings (SSSR count). The Morgan fingerprint density at radius 3 is 2.60 bits per heavy atom. The van der Waals surface area contributed by atoms with Crippen LogP contribution in [0.25, 0.3) is 5.69 Å². The van der Waals surface area contributed by atoms with E-state index in [0.29, 0.717) is 18.1 Å². The fraction of sp³-hybridized carbons (Fsp3) is 0.0500. The molecule has 0 unspecified atom stereocenters. The van der Waals surface area contributed by atoms with Crippen molar-refractivity contribution in [2.75, 3.05) is 5.32 Å². The van der Waals surface area contributed by atoms with Crippen molar-refractivity contribution in [2.24, 2.45) is 0 Å². The van der Waals surface area contributed by atoms with E-state index in [-0.39, 0.29) is 17.3 Å². The van der Waals surface area contributed by atoms with E-state index in [9.17, 15) is 14.9 Å². The highest BCUT2D eigenvalue weighted by Crippen LogP contribution is 2.19. The molecule has 0 spiro atoms. The number of carbonyl (C=O) groups is 1. The van der Waals surface area contributed by atoms with Crippen LogP contribution in [0.5, 0.6) is 0 Å². The van der Waals surface area contributed by atoms with Gasteiger partial charge in [0.15, 0.2) is 5.69 Å². The molecule has 0 aliphatic heterocycles. The van der Waals surface area contributed by atoms with Crippen LogP contribution in [0.4, 0.5) is 11.5 Å². The Kier molecular flexibility index (Phi) is 5.40. The maximum Gasteiger partial charge on any atom is 0.277 e. The number of hydrogen-bond donors (Lipinski definition) is 1. The molecule has 0 aliphatic carbocycles. The van der Waals surface area contributed by atoms with Crippen molar-refractivity contribution < 1.29 is 9.72 Å². The molecule has 150 valence electrons. The summed E-state index contributed by atoms with van der Waals surface area (Å²) in [4.78, 5) is 23.0. The Hall–Kier alpha value is -3.79. The summed E-state index contributed by atoms with van der Waals surface area (Å²) in [5, 5.41) is 22.1. The van der Waals surface area contributed by atoms with Crippen molar-refractivity contribution in [2.45, 2.75) is 6.54 Å². The standard InChI is InChI=1S/C20H15BrN6O3/c21-17-4-2-1-3-14(17)13-26-19(9-11-22-26)23-20(28)18-10-12-25(24-18)15-5-7-16(8-6-15)27(29)30/h1-12H,13H2,(H,23,28). The second-order valence-electron chi connectivity index (χ2n) is 6.34. The minimum absolute atomic E-state index is 0.0119. The molecule has 2 heterocycles. The maximum absolute atomic E-state index is 12.6. The van der Waals surface area contributed by atoms with E-state index in [1.54, 1.807) is 41.3 Å². The van der Waals surface area contributed by atoms with Gasteiger partial charge in [-0.15, -0.1) is 0 Å².